The summed E-state index contributed by atoms with van der Waals surface area (Å²) in [4.78, 5) is 30.3. The van der Waals surface area contributed by atoms with E-state index in [2.05, 4.69) is 10.2 Å². The molecule has 1 N–H and O–H groups in total. The minimum atomic E-state index is -0.109. The molecule has 0 aliphatic carbocycles. The van der Waals surface area contributed by atoms with Gasteiger partial charge in [-0.05, 0) is 19.7 Å². The molecule has 7 heteroatoms. The Hall–Kier alpha value is -2.12. The Labute approximate surface area is 148 Å². The van der Waals surface area contributed by atoms with Gasteiger partial charge in [0.15, 0.2) is 0 Å². The summed E-state index contributed by atoms with van der Waals surface area (Å²) in [5.74, 6) is 0.00893. The van der Waals surface area contributed by atoms with Gasteiger partial charge in [-0.15, -0.1) is 0 Å². The molecule has 0 unspecified atom stereocenters. The van der Waals surface area contributed by atoms with Crippen LogP contribution in [0.4, 0.5) is 4.79 Å². The Balaban J connectivity index is 1.57. The van der Waals surface area contributed by atoms with Gasteiger partial charge in [-0.3, -0.25) is 4.79 Å². The molecule has 0 radical (unpaired) electrons. The van der Waals surface area contributed by atoms with Gasteiger partial charge in [-0.25, -0.2) is 4.79 Å². The van der Waals surface area contributed by atoms with Crippen LogP contribution in [0.5, 0.6) is 0 Å². The summed E-state index contributed by atoms with van der Waals surface area (Å²) in [5.41, 5.74) is 1.06. The summed E-state index contributed by atoms with van der Waals surface area (Å²) >= 11 is 0. The largest absolute Gasteiger partial charge is 0.364 e. The first-order valence-electron chi connectivity index (χ1n) is 8.67. The zero-order chi connectivity index (χ0) is 17.8. The van der Waals surface area contributed by atoms with Crippen molar-refractivity contribution in [1.82, 2.24) is 20.0 Å². The second kappa shape index (κ2) is 7.84. The molecule has 2 aliphatic rings. The third kappa shape index (κ3) is 4.29. The molecule has 2 saturated heterocycles. The van der Waals surface area contributed by atoms with Crippen molar-refractivity contribution in [2.75, 3.05) is 46.9 Å². The van der Waals surface area contributed by atoms with Crippen molar-refractivity contribution in [3.05, 3.63) is 35.9 Å². The molecule has 2 aliphatic heterocycles. The highest BCUT2D eigenvalue weighted by Crippen LogP contribution is 2.23. The average molecular weight is 346 g/mol. The minimum absolute atomic E-state index is 0.00893. The average Bonchev–Trinajstić information content (AvgIpc) is 3.04. The van der Waals surface area contributed by atoms with E-state index in [9.17, 15) is 9.59 Å². The molecule has 0 saturated carbocycles. The minimum Gasteiger partial charge on any atom is -0.364 e. The maximum absolute atomic E-state index is 12.5. The van der Waals surface area contributed by atoms with Gasteiger partial charge in [-0.2, -0.15) is 0 Å². The number of fused-ring (bicyclic) bond motifs is 1. The van der Waals surface area contributed by atoms with Crippen LogP contribution in [0, 0.1) is 0 Å². The van der Waals surface area contributed by atoms with Crippen LogP contribution in [0.2, 0.25) is 0 Å². The fourth-order valence-electron chi connectivity index (χ4n) is 3.32. The Morgan fingerprint density at radius 3 is 2.76 bits per heavy atom. The fraction of sp³-hybridized carbons (Fsp3) is 0.556. The molecule has 7 nitrogen and oxygen atoms in total. The zero-order valence-electron chi connectivity index (χ0n) is 14.9. The van der Waals surface area contributed by atoms with E-state index in [1.165, 1.54) is 0 Å². The summed E-state index contributed by atoms with van der Waals surface area (Å²) in [5, 5.41) is 2.95. The van der Waals surface area contributed by atoms with Crippen LogP contribution >= 0.6 is 0 Å². The van der Waals surface area contributed by atoms with E-state index in [1.54, 1.807) is 4.90 Å². The van der Waals surface area contributed by atoms with Crippen molar-refractivity contribution in [2.24, 2.45) is 0 Å². The smallest absolute Gasteiger partial charge is 0.317 e. The lowest BCUT2D eigenvalue weighted by Gasteiger charge is -2.37. The summed E-state index contributed by atoms with van der Waals surface area (Å²) in [6.07, 6.45) is -0.0951. The van der Waals surface area contributed by atoms with Gasteiger partial charge in [0.05, 0.1) is 18.7 Å². The second-order valence-electron chi connectivity index (χ2n) is 6.86. The number of amides is 3. The van der Waals surface area contributed by atoms with Crippen molar-refractivity contribution < 1.29 is 14.3 Å². The normalized spacial score (nSPS) is 23.1. The van der Waals surface area contributed by atoms with Gasteiger partial charge in [0, 0.05) is 26.2 Å². The molecule has 1 aromatic carbocycles. The maximum atomic E-state index is 12.5. The Bertz CT molecular complexity index is 608. The number of hydrogen-bond acceptors (Lipinski definition) is 4. The van der Waals surface area contributed by atoms with Gasteiger partial charge < -0.3 is 24.8 Å². The number of likely N-dealkylation sites (N-methyl/N-ethyl adjacent to an activating group) is 1. The Morgan fingerprint density at radius 2 is 2.04 bits per heavy atom. The molecule has 0 aromatic heterocycles. The molecule has 3 rings (SSSR count). The van der Waals surface area contributed by atoms with Crippen LogP contribution < -0.4 is 5.32 Å². The molecule has 136 valence electrons. The van der Waals surface area contributed by atoms with E-state index < -0.39 is 0 Å². The molecule has 0 bridgehead atoms. The molecule has 0 spiro atoms. The topological polar surface area (TPSA) is 65.1 Å². The van der Waals surface area contributed by atoms with E-state index >= 15 is 0 Å². The summed E-state index contributed by atoms with van der Waals surface area (Å²) in [6.45, 7) is 3.11. The maximum Gasteiger partial charge on any atom is 0.317 e. The zero-order valence-corrected chi connectivity index (χ0v) is 14.9. The molecular formula is C18H26N4O3. The van der Waals surface area contributed by atoms with E-state index in [1.807, 2.05) is 49.3 Å². The third-order valence-corrected chi connectivity index (χ3v) is 4.74. The van der Waals surface area contributed by atoms with Crippen molar-refractivity contribution in [3.8, 4) is 0 Å². The van der Waals surface area contributed by atoms with Gasteiger partial charge >= 0.3 is 6.03 Å². The fourth-order valence-corrected chi connectivity index (χ4v) is 3.32. The second-order valence-corrected chi connectivity index (χ2v) is 6.86. The predicted molar refractivity (Wildman–Crippen MR) is 94.0 cm³/mol. The van der Waals surface area contributed by atoms with Crippen LogP contribution in [0.3, 0.4) is 0 Å². The third-order valence-electron chi connectivity index (χ3n) is 4.74. The summed E-state index contributed by atoms with van der Waals surface area (Å²) in [7, 11) is 3.97. The number of rotatable bonds is 5. The quantitative estimate of drug-likeness (QED) is 0.837. The van der Waals surface area contributed by atoms with E-state index in [4.69, 9.17) is 4.74 Å². The number of hydrogen-bond donors (Lipinski definition) is 1. The first-order valence-corrected chi connectivity index (χ1v) is 8.67. The van der Waals surface area contributed by atoms with Crippen molar-refractivity contribution >= 4 is 11.9 Å². The molecule has 2 atom stereocenters. The van der Waals surface area contributed by atoms with Gasteiger partial charge in [0.2, 0.25) is 5.91 Å². The Kier molecular flexibility index (Phi) is 5.55. The van der Waals surface area contributed by atoms with Crippen LogP contribution in [0.25, 0.3) is 0 Å². The number of morpholine rings is 1. The SMILES string of the molecule is CN(C)CCN1C(=O)CO[C@@H]2CN(C(=O)NCc3ccccc3)C[C@H]21. The first kappa shape index (κ1) is 17.7. The molecular weight excluding hydrogens is 320 g/mol. The Morgan fingerprint density at radius 1 is 1.28 bits per heavy atom. The van der Waals surface area contributed by atoms with E-state index in [-0.39, 0.29) is 30.7 Å². The first-order chi connectivity index (χ1) is 12.0. The number of ether oxygens (including phenoxy) is 1. The highest BCUT2D eigenvalue weighted by atomic mass is 16.5. The molecule has 3 amide bonds. The van der Waals surface area contributed by atoms with Crippen LogP contribution in [-0.4, -0.2) is 85.7 Å². The van der Waals surface area contributed by atoms with Crippen LogP contribution in [0.1, 0.15) is 5.56 Å². The van der Waals surface area contributed by atoms with E-state index in [0.717, 1.165) is 12.1 Å². The van der Waals surface area contributed by atoms with Gasteiger partial charge in [0.25, 0.3) is 0 Å². The predicted octanol–water partition coefficient (Wildman–Crippen LogP) is 0.369. The molecule has 2 heterocycles. The number of nitrogens with zero attached hydrogens (tertiary/aromatic N) is 3. The lowest BCUT2D eigenvalue weighted by atomic mass is 10.1. The highest BCUT2D eigenvalue weighted by molar-refractivity contribution is 5.79. The number of benzene rings is 1. The lowest BCUT2D eigenvalue weighted by Crippen LogP contribution is -2.55. The van der Waals surface area contributed by atoms with Gasteiger partial charge in [-0.1, -0.05) is 30.3 Å². The van der Waals surface area contributed by atoms with Crippen LogP contribution in [0.15, 0.2) is 30.3 Å². The summed E-state index contributed by atoms with van der Waals surface area (Å²) < 4.78 is 5.67. The number of carbonyl (C=O) groups excluding carboxylic acids is 2. The number of carbonyl (C=O) groups is 2. The lowest BCUT2D eigenvalue weighted by molar-refractivity contribution is -0.153. The standard InChI is InChI=1S/C18H26N4O3/c1-20(2)8-9-22-15-11-21(12-16(15)25-13-17(22)23)18(24)19-10-14-6-4-3-5-7-14/h3-7,15-16H,8-13H2,1-2H3,(H,19,24)/t15-,16-/m1/s1. The molecule has 2 fully saturated rings. The van der Waals surface area contributed by atoms with Crippen LogP contribution in [-0.2, 0) is 16.1 Å². The molecule has 1 aromatic rings. The molecule has 25 heavy (non-hydrogen) atoms. The van der Waals surface area contributed by atoms with Gasteiger partial charge in [0.1, 0.15) is 6.61 Å². The monoisotopic (exact) mass is 346 g/mol. The summed E-state index contributed by atoms with van der Waals surface area (Å²) in [6, 6.07) is 9.66. The van der Waals surface area contributed by atoms with Crippen molar-refractivity contribution in [3.63, 3.8) is 0 Å². The van der Waals surface area contributed by atoms with Crippen molar-refractivity contribution in [2.45, 2.75) is 18.7 Å². The highest BCUT2D eigenvalue weighted by Gasteiger charge is 2.44. The number of urea groups is 1. The van der Waals surface area contributed by atoms with Crippen molar-refractivity contribution in [1.29, 1.82) is 0 Å². The van der Waals surface area contributed by atoms with E-state index in [0.29, 0.717) is 26.2 Å². The number of nitrogens with one attached hydrogen (secondary N) is 1. The number of likely N-dealkylation sites (tertiary alicyclic amines) is 1.